The van der Waals surface area contributed by atoms with Gasteiger partial charge in [-0.3, -0.25) is 0 Å². The van der Waals surface area contributed by atoms with E-state index in [1.807, 2.05) is 19.1 Å². The number of ether oxygens (including phenoxy) is 1. The molecule has 0 bridgehead atoms. The van der Waals surface area contributed by atoms with Crippen LogP contribution in [0.25, 0.3) is 5.57 Å². The van der Waals surface area contributed by atoms with Gasteiger partial charge in [0.05, 0.1) is 0 Å². The molecule has 1 N–H and O–H groups in total. The number of phenolic OH excluding ortho intramolecular Hbond substituents is 1. The van der Waals surface area contributed by atoms with Crippen LogP contribution in [0.15, 0.2) is 17.7 Å². The summed E-state index contributed by atoms with van der Waals surface area (Å²) in [5, 5.41) is 9.80. The smallest absolute Gasteiger partial charge is 0.116 e. The Labute approximate surface area is 109 Å². The molecule has 0 radical (unpaired) electrons. The molecule has 1 aromatic rings. The number of allylic oxidation sites excluding steroid dienone is 1. The molecule has 1 atom stereocenters. The summed E-state index contributed by atoms with van der Waals surface area (Å²) in [4.78, 5) is 0. The molecule has 0 heterocycles. The van der Waals surface area contributed by atoms with Crippen molar-refractivity contribution in [1.82, 2.24) is 0 Å². The summed E-state index contributed by atoms with van der Waals surface area (Å²) in [7, 11) is 1.76. The van der Waals surface area contributed by atoms with Gasteiger partial charge in [0.25, 0.3) is 0 Å². The van der Waals surface area contributed by atoms with Gasteiger partial charge in [0.15, 0.2) is 0 Å². The monoisotopic (exact) mass is 246 g/mol. The second-order valence-electron chi connectivity index (χ2n) is 5.62. The second-order valence-corrected chi connectivity index (χ2v) is 5.62. The average molecular weight is 246 g/mol. The summed E-state index contributed by atoms with van der Waals surface area (Å²) >= 11 is 0. The third kappa shape index (κ3) is 1.59. The zero-order valence-corrected chi connectivity index (χ0v) is 12.1. The topological polar surface area (TPSA) is 29.5 Å². The first-order chi connectivity index (χ1) is 8.32. The van der Waals surface area contributed by atoms with Crippen LogP contribution >= 0.6 is 0 Å². The Kier molecular flexibility index (Phi) is 3.02. The fourth-order valence-corrected chi connectivity index (χ4v) is 3.53. The maximum absolute atomic E-state index is 9.80. The lowest BCUT2D eigenvalue weighted by molar-refractivity contribution is 0.0311. The van der Waals surface area contributed by atoms with Crippen molar-refractivity contribution in [3.63, 3.8) is 0 Å². The SMILES string of the molecule is COC1(C)C(C(C)C)=C(C)c2cc(O)cc(C)c21. The first kappa shape index (κ1) is 13.2. The number of aromatic hydroxyl groups is 1. The number of hydrogen-bond acceptors (Lipinski definition) is 2. The highest BCUT2D eigenvalue weighted by Gasteiger charge is 2.42. The van der Waals surface area contributed by atoms with Gasteiger partial charge < -0.3 is 9.84 Å². The number of phenols is 1. The molecule has 1 aliphatic carbocycles. The van der Waals surface area contributed by atoms with E-state index in [0.29, 0.717) is 11.7 Å². The van der Waals surface area contributed by atoms with Crippen molar-refractivity contribution in [3.05, 3.63) is 34.4 Å². The highest BCUT2D eigenvalue weighted by atomic mass is 16.5. The number of rotatable bonds is 2. The van der Waals surface area contributed by atoms with Crippen LogP contribution in [0, 0.1) is 12.8 Å². The van der Waals surface area contributed by atoms with Crippen LogP contribution in [0.3, 0.4) is 0 Å². The van der Waals surface area contributed by atoms with Gasteiger partial charge >= 0.3 is 0 Å². The quantitative estimate of drug-likeness (QED) is 0.854. The van der Waals surface area contributed by atoms with Gasteiger partial charge in [-0.2, -0.15) is 0 Å². The number of aryl methyl sites for hydroxylation is 1. The lowest BCUT2D eigenvalue weighted by atomic mass is 9.84. The lowest BCUT2D eigenvalue weighted by Gasteiger charge is -2.31. The molecule has 2 rings (SSSR count). The molecule has 1 unspecified atom stereocenters. The van der Waals surface area contributed by atoms with E-state index in [-0.39, 0.29) is 5.60 Å². The van der Waals surface area contributed by atoms with Crippen molar-refractivity contribution < 1.29 is 9.84 Å². The minimum Gasteiger partial charge on any atom is -0.508 e. The molecule has 2 heteroatoms. The zero-order chi connectivity index (χ0) is 13.7. The van der Waals surface area contributed by atoms with Crippen LogP contribution in [-0.2, 0) is 10.3 Å². The van der Waals surface area contributed by atoms with Crippen molar-refractivity contribution in [2.24, 2.45) is 5.92 Å². The Bertz CT molecular complexity index is 526. The van der Waals surface area contributed by atoms with Crippen molar-refractivity contribution in [3.8, 4) is 5.75 Å². The van der Waals surface area contributed by atoms with Crippen LogP contribution < -0.4 is 0 Å². The number of hydrogen-bond donors (Lipinski definition) is 1. The molecule has 1 aliphatic rings. The van der Waals surface area contributed by atoms with E-state index in [1.165, 1.54) is 16.7 Å². The van der Waals surface area contributed by atoms with Crippen LogP contribution in [0.4, 0.5) is 0 Å². The molecular formula is C16H22O2. The fourth-order valence-electron chi connectivity index (χ4n) is 3.53. The Balaban J connectivity index is 2.79. The Morgan fingerprint density at radius 2 is 1.83 bits per heavy atom. The van der Waals surface area contributed by atoms with E-state index in [9.17, 15) is 5.11 Å². The first-order valence-electron chi connectivity index (χ1n) is 6.43. The molecular weight excluding hydrogens is 224 g/mol. The summed E-state index contributed by atoms with van der Waals surface area (Å²) in [6.45, 7) is 10.7. The van der Waals surface area contributed by atoms with Gasteiger partial charge in [-0.05, 0) is 66.7 Å². The van der Waals surface area contributed by atoms with Crippen molar-refractivity contribution >= 4 is 5.57 Å². The van der Waals surface area contributed by atoms with E-state index in [1.54, 1.807) is 7.11 Å². The third-order valence-electron chi connectivity index (χ3n) is 4.10. The van der Waals surface area contributed by atoms with Gasteiger partial charge in [-0.15, -0.1) is 0 Å². The molecule has 0 amide bonds. The van der Waals surface area contributed by atoms with Crippen molar-refractivity contribution in [1.29, 1.82) is 0 Å². The normalized spacial score (nSPS) is 22.8. The number of fused-ring (bicyclic) bond motifs is 1. The molecule has 0 saturated heterocycles. The van der Waals surface area contributed by atoms with Gasteiger partial charge in [0.1, 0.15) is 11.4 Å². The van der Waals surface area contributed by atoms with Gasteiger partial charge in [-0.25, -0.2) is 0 Å². The van der Waals surface area contributed by atoms with E-state index in [0.717, 1.165) is 11.1 Å². The summed E-state index contributed by atoms with van der Waals surface area (Å²) < 4.78 is 5.85. The van der Waals surface area contributed by atoms with E-state index < -0.39 is 0 Å². The Morgan fingerprint density at radius 3 is 2.33 bits per heavy atom. The third-order valence-corrected chi connectivity index (χ3v) is 4.10. The summed E-state index contributed by atoms with van der Waals surface area (Å²) in [5.74, 6) is 0.748. The van der Waals surface area contributed by atoms with Crippen LogP contribution in [0.1, 0.15) is 44.4 Å². The molecule has 0 spiro atoms. The molecule has 1 aromatic carbocycles. The largest absolute Gasteiger partial charge is 0.508 e. The van der Waals surface area contributed by atoms with Crippen LogP contribution in [0.2, 0.25) is 0 Å². The van der Waals surface area contributed by atoms with E-state index in [4.69, 9.17) is 4.74 Å². The minimum absolute atomic E-state index is 0.328. The van der Waals surface area contributed by atoms with Gasteiger partial charge in [0, 0.05) is 7.11 Å². The Morgan fingerprint density at radius 1 is 1.22 bits per heavy atom. The van der Waals surface area contributed by atoms with Crippen LogP contribution in [0.5, 0.6) is 5.75 Å². The standard InChI is InChI=1S/C16H22O2/c1-9(2)14-11(4)13-8-12(17)7-10(3)15(13)16(14,5)18-6/h7-9,17H,1-6H3. The summed E-state index contributed by atoms with van der Waals surface area (Å²) in [5.41, 5.74) is 5.59. The highest BCUT2D eigenvalue weighted by Crippen LogP contribution is 2.51. The van der Waals surface area contributed by atoms with Gasteiger partial charge in [0.2, 0.25) is 0 Å². The second kappa shape index (κ2) is 4.13. The maximum Gasteiger partial charge on any atom is 0.116 e. The molecule has 2 nitrogen and oxygen atoms in total. The molecule has 0 saturated carbocycles. The summed E-state index contributed by atoms with van der Waals surface area (Å²) in [6.07, 6.45) is 0. The average Bonchev–Trinajstić information content (AvgIpc) is 2.48. The predicted molar refractivity (Wildman–Crippen MR) is 74.6 cm³/mol. The number of methoxy groups -OCH3 is 1. The lowest BCUT2D eigenvalue weighted by Crippen LogP contribution is -2.28. The van der Waals surface area contributed by atoms with E-state index in [2.05, 4.69) is 27.7 Å². The molecule has 0 aliphatic heterocycles. The fraction of sp³-hybridized carbons (Fsp3) is 0.500. The zero-order valence-electron chi connectivity index (χ0n) is 12.1. The first-order valence-corrected chi connectivity index (χ1v) is 6.43. The number of benzene rings is 1. The summed E-state index contributed by atoms with van der Waals surface area (Å²) in [6, 6.07) is 3.66. The Hall–Kier alpha value is -1.28. The minimum atomic E-state index is -0.370. The van der Waals surface area contributed by atoms with Crippen molar-refractivity contribution in [2.45, 2.75) is 40.2 Å². The van der Waals surface area contributed by atoms with Crippen molar-refractivity contribution in [2.75, 3.05) is 7.11 Å². The molecule has 0 fully saturated rings. The molecule has 0 aromatic heterocycles. The molecule has 98 valence electrons. The molecule has 18 heavy (non-hydrogen) atoms. The van der Waals surface area contributed by atoms with Crippen LogP contribution in [-0.4, -0.2) is 12.2 Å². The predicted octanol–water partition coefficient (Wildman–Crippen LogP) is 4.01. The van der Waals surface area contributed by atoms with Gasteiger partial charge in [-0.1, -0.05) is 13.8 Å². The van der Waals surface area contributed by atoms with E-state index >= 15 is 0 Å². The maximum atomic E-state index is 9.80. The highest BCUT2D eigenvalue weighted by molar-refractivity contribution is 5.80.